The number of methoxy groups -OCH3 is 1. The standard InChI is InChI=1S/C16H26N2O3/c1-15(12-6-7-12)13(19)17-16(8-4-3-5-9-16)14(20)18(15)10-11-21-2/h12H,3-11H2,1-2H3,(H,17,19). The second-order valence-corrected chi connectivity index (χ2v) is 6.97. The third-order valence-electron chi connectivity index (χ3n) is 5.63. The molecule has 1 atom stereocenters. The predicted octanol–water partition coefficient (Wildman–Crippen LogP) is 1.46. The van der Waals surface area contributed by atoms with E-state index < -0.39 is 11.1 Å². The Kier molecular flexibility index (Phi) is 3.72. The molecule has 0 aromatic heterocycles. The summed E-state index contributed by atoms with van der Waals surface area (Å²) in [7, 11) is 1.64. The molecule has 21 heavy (non-hydrogen) atoms. The molecule has 2 amide bonds. The minimum absolute atomic E-state index is 0.0441. The van der Waals surface area contributed by atoms with Crippen LogP contribution in [0.1, 0.15) is 51.9 Å². The summed E-state index contributed by atoms with van der Waals surface area (Å²) in [5.41, 5.74) is -1.32. The van der Waals surface area contributed by atoms with Crippen molar-refractivity contribution in [3.8, 4) is 0 Å². The molecule has 2 saturated carbocycles. The van der Waals surface area contributed by atoms with Gasteiger partial charge in [-0.2, -0.15) is 0 Å². The summed E-state index contributed by atoms with van der Waals surface area (Å²) in [6.45, 7) is 2.93. The van der Waals surface area contributed by atoms with E-state index in [9.17, 15) is 9.59 Å². The Balaban J connectivity index is 1.91. The third-order valence-corrected chi connectivity index (χ3v) is 5.63. The molecule has 0 aromatic rings. The molecule has 1 N–H and O–H groups in total. The molecule has 1 spiro atoms. The van der Waals surface area contributed by atoms with Crippen molar-refractivity contribution in [2.24, 2.45) is 5.92 Å². The van der Waals surface area contributed by atoms with Crippen molar-refractivity contribution in [1.82, 2.24) is 10.2 Å². The largest absolute Gasteiger partial charge is 0.383 e. The minimum atomic E-state index is -0.682. The predicted molar refractivity (Wildman–Crippen MR) is 78.7 cm³/mol. The van der Waals surface area contributed by atoms with Crippen LogP contribution in [0.3, 0.4) is 0 Å². The van der Waals surface area contributed by atoms with Crippen LogP contribution in [0.5, 0.6) is 0 Å². The SMILES string of the molecule is COCCN1C(=O)C2(CCCCC2)NC(=O)C1(C)C1CC1. The van der Waals surface area contributed by atoms with Gasteiger partial charge >= 0.3 is 0 Å². The zero-order valence-corrected chi connectivity index (χ0v) is 13.1. The van der Waals surface area contributed by atoms with Gasteiger partial charge in [-0.25, -0.2) is 0 Å². The normalized spacial score (nSPS) is 32.4. The van der Waals surface area contributed by atoms with Crippen molar-refractivity contribution < 1.29 is 14.3 Å². The second-order valence-electron chi connectivity index (χ2n) is 6.97. The first kappa shape index (κ1) is 14.8. The Morgan fingerprint density at radius 3 is 2.48 bits per heavy atom. The summed E-state index contributed by atoms with van der Waals surface area (Å²) >= 11 is 0. The van der Waals surface area contributed by atoms with Crippen molar-refractivity contribution >= 4 is 11.8 Å². The smallest absolute Gasteiger partial charge is 0.249 e. The summed E-state index contributed by atoms with van der Waals surface area (Å²) < 4.78 is 5.17. The first-order valence-corrected chi connectivity index (χ1v) is 8.18. The molecule has 5 nitrogen and oxygen atoms in total. The van der Waals surface area contributed by atoms with Crippen LogP contribution in [0.4, 0.5) is 0 Å². The van der Waals surface area contributed by atoms with Crippen LogP contribution in [0, 0.1) is 5.92 Å². The number of rotatable bonds is 4. The minimum Gasteiger partial charge on any atom is -0.383 e. The molecule has 1 saturated heterocycles. The molecule has 3 fully saturated rings. The molecule has 0 radical (unpaired) electrons. The molecule has 0 aromatic carbocycles. The van der Waals surface area contributed by atoms with Gasteiger partial charge in [-0.3, -0.25) is 9.59 Å². The van der Waals surface area contributed by atoms with Crippen molar-refractivity contribution in [2.75, 3.05) is 20.3 Å². The van der Waals surface area contributed by atoms with Gasteiger partial charge in [0, 0.05) is 13.7 Å². The first-order valence-electron chi connectivity index (χ1n) is 8.18. The van der Waals surface area contributed by atoms with Crippen molar-refractivity contribution in [2.45, 2.75) is 62.9 Å². The van der Waals surface area contributed by atoms with Crippen LogP contribution in [0.15, 0.2) is 0 Å². The van der Waals surface area contributed by atoms with E-state index in [1.165, 1.54) is 0 Å². The van der Waals surface area contributed by atoms with Gasteiger partial charge in [0.25, 0.3) is 0 Å². The Morgan fingerprint density at radius 1 is 1.24 bits per heavy atom. The van der Waals surface area contributed by atoms with Crippen LogP contribution in [-0.2, 0) is 14.3 Å². The van der Waals surface area contributed by atoms with Crippen LogP contribution < -0.4 is 5.32 Å². The van der Waals surface area contributed by atoms with Crippen LogP contribution in [0.25, 0.3) is 0 Å². The average molecular weight is 294 g/mol. The lowest BCUT2D eigenvalue weighted by Crippen LogP contribution is -2.76. The van der Waals surface area contributed by atoms with Crippen LogP contribution >= 0.6 is 0 Å². The Morgan fingerprint density at radius 2 is 1.90 bits per heavy atom. The monoisotopic (exact) mass is 294 g/mol. The number of nitrogens with zero attached hydrogens (tertiary/aromatic N) is 1. The summed E-state index contributed by atoms with van der Waals surface area (Å²) in [5.74, 6) is 0.468. The van der Waals surface area contributed by atoms with E-state index in [0.29, 0.717) is 19.1 Å². The maximum absolute atomic E-state index is 13.2. The van der Waals surface area contributed by atoms with E-state index in [4.69, 9.17) is 4.74 Å². The van der Waals surface area contributed by atoms with E-state index in [1.807, 2.05) is 11.8 Å². The van der Waals surface area contributed by atoms with Gasteiger partial charge in [0.2, 0.25) is 11.8 Å². The van der Waals surface area contributed by atoms with E-state index in [2.05, 4.69) is 5.32 Å². The van der Waals surface area contributed by atoms with Crippen molar-refractivity contribution in [1.29, 1.82) is 0 Å². The van der Waals surface area contributed by atoms with Gasteiger partial charge in [0.1, 0.15) is 11.1 Å². The molecule has 5 heteroatoms. The van der Waals surface area contributed by atoms with E-state index in [0.717, 1.165) is 44.9 Å². The second kappa shape index (κ2) is 5.27. The van der Waals surface area contributed by atoms with E-state index >= 15 is 0 Å². The molecule has 1 aliphatic heterocycles. The maximum Gasteiger partial charge on any atom is 0.249 e. The summed E-state index contributed by atoms with van der Waals surface area (Å²) in [6.07, 6.45) is 6.82. The lowest BCUT2D eigenvalue weighted by molar-refractivity contribution is -0.166. The number of hydrogen-bond acceptors (Lipinski definition) is 3. The number of nitrogens with one attached hydrogen (secondary N) is 1. The Bertz CT molecular complexity index is 441. The highest BCUT2D eigenvalue weighted by atomic mass is 16.5. The molecule has 2 aliphatic carbocycles. The fraction of sp³-hybridized carbons (Fsp3) is 0.875. The molecule has 3 rings (SSSR count). The summed E-state index contributed by atoms with van der Waals surface area (Å²) in [4.78, 5) is 27.8. The number of piperazine rings is 1. The Labute approximate surface area is 126 Å². The maximum atomic E-state index is 13.2. The quantitative estimate of drug-likeness (QED) is 0.854. The fourth-order valence-corrected chi connectivity index (χ4v) is 4.05. The highest BCUT2D eigenvalue weighted by Gasteiger charge is 2.61. The Hall–Kier alpha value is -1.10. The number of hydrogen-bond donors (Lipinski definition) is 1. The zero-order valence-electron chi connectivity index (χ0n) is 13.1. The van der Waals surface area contributed by atoms with Gasteiger partial charge < -0.3 is 15.0 Å². The van der Waals surface area contributed by atoms with Gasteiger partial charge in [0.15, 0.2) is 0 Å². The summed E-state index contributed by atoms with van der Waals surface area (Å²) in [5, 5.41) is 3.13. The summed E-state index contributed by atoms with van der Waals surface area (Å²) in [6, 6.07) is 0. The van der Waals surface area contributed by atoms with Gasteiger partial charge in [0.05, 0.1) is 6.61 Å². The van der Waals surface area contributed by atoms with Crippen LogP contribution in [0.2, 0.25) is 0 Å². The topological polar surface area (TPSA) is 58.6 Å². The number of carbonyl (C=O) groups excluding carboxylic acids is 2. The van der Waals surface area contributed by atoms with Gasteiger partial charge in [-0.05, 0) is 38.5 Å². The third kappa shape index (κ3) is 2.26. The molecular weight excluding hydrogens is 268 g/mol. The average Bonchev–Trinajstić information content (AvgIpc) is 3.31. The number of amides is 2. The molecule has 118 valence electrons. The van der Waals surface area contributed by atoms with E-state index in [1.54, 1.807) is 7.11 Å². The van der Waals surface area contributed by atoms with Gasteiger partial charge in [-0.1, -0.05) is 19.3 Å². The molecule has 1 unspecified atom stereocenters. The van der Waals surface area contributed by atoms with Crippen molar-refractivity contribution in [3.05, 3.63) is 0 Å². The van der Waals surface area contributed by atoms with Crippen LogP contribution in [-0.4, -0.2) is 48.1 Å². The fourth-order valence-electron chi connectivity index (χ4n) is 4.05. The number of carbonyl (C=O) groups is 2. The highest BCUT2D eigenvalue weighted by molar-refractivity contribution is 6.02. The lowest BCUT2D eigenvalue weighted by Gasteiger charge is -2.52. The molecule has 0 bridgehead atoms. The van der Waals surface area contributed by atoms with E-state index in [-0.39, 0.29) is 11.8 Å². The first-order chi connectivity index (χ1) is 10.0. The molecule has 3 aliphatic rings. The number of ether oxygens (including phenoxy) is 1. The molecule has 1 heterocycles. The van der Waals surface area contributed by atoms with Gasteiger partial charge in [-0.15, -0.1) is 0 Å². The highest BCUT2D eigenvalue weighted by Crippen LogP contribution is 2.47. The lowest BCUT2D eigenvalue weighted by atomic mass is 9.75. The molecular formula is C16H26N2O3. The zero-order chi connectivity index (χ0) is 15.1. The van der Waals surface area contributed by atoms with Crippen molar-refractivity contribution in [3.63, 3.8) is 0 Å².